The summed E-state index contributed by atoms with van der Waals surface area (Å²) in [4.78, 5) is 4.14. The van der Waals surface area contributed by atoms with Crippen LogP contribution in [0.5, 0.6) is 0 Å². The van der Waals surface area contributed by atoms with Crippen molar-refractivity contribution >= 4 is 5.90 Å². The topological polar surface area (TPSA) is 72.2 Å². The molecule has 4 nitrogen and oxygen atoms in total. The van der Waals surface area contributed by atoms with Gasteiger partial charge in [0.05, 0.1) is 0 Å². The van der Waals surface area contributed by atoms with E-state index >= 15 is 0 Å². The number of hydrogen-bond acceptors (Lipinski definition) is 4. The highest BCUT2D eigenvalue weighted by Gasteiger charge is 2.04. The lowest BCUT2D eigenvalue weighted by atomic mass is 10.4. The van der Waals surface area contributed by atoms with E-state index in [4.69, 9.17) is 15.7 Å². The summed E-state index contributed by atoms with van der Waals surface area (Å²) in [6, 6.07) is 3.37. The Morgan fingerprint density at radius 3 is 2.80 bits per heavy atom. The first-order chi connectivity index (χ1) is 4.74. The van der Waals surface area contributed by atoms with Crippen molar-refractivity contribution in [2.24, 2.45) is 5.90 Å². The molecule has 0 aliphatic heterocycles. The summed E-state index contributed by atoms with van der Waals surface area (Å²) in [7, 11) is 0. The minimum Gasteiger partial charge on any atom is -0.456 e. The van der Waals surface area contributed by atoms with E-state index in [1.54, 1.807) is 19.1 Å². The Labute approximate surface area is 58.0 Å². The van der Waals surface area contributed by atoms with Gasteiger partial charge in [0.15, 0.2) is 5.76 Å². The Morgan fingerprint density at radius 1 is 1.70 bits per heavy atom. The molecule has 3 N–H and O–H groups in total. The molecule has 1 aromatic heterocycles. The predicted molar refractivity (Wildman–Crippen MR) is 35.5 cm³/mol. The van der Waals surface area contributed by atoms with E-state index in [1.807, 2.05) is 0 Å². The number of nitrogens with one attached hydrogen (secondary N) is 1. The summed E-state index contributed by atoms with van der Waals surface area (Å²) in [5, 5.41) is 7.05. The van der Waals surface area contributed by atoms with E-state index < -0.39 is 0 Å². The standard InChI is InChI=1S/C6H8N2O2/c1-4-2-3-5(9-4)6(7)10-8/h2-3,7H,8H2,1H3. The maximum Gasteiger partial charge on any atom is 0.273 e. The first-order valence-corrected chi connectivity index (χ1v) is 2.76. The van der Waals surface area contributed by atoms with E-state index in [0.717, 1.165) is 5.76 Å². The molecule has 1 rings (SSSR count). The molecule has 0 aliphatic rings. The van der Waals surface area contributed by atoms with Gasteiger partial charge in [0, 0.05) is 0 Å². The van der Waals surface area contributed by atoms with Gasteiger partial charge in [-0.2, -0.15) is 5.90 Å². The fourth-order valence-corrected chi connectivity index (χ4v) is 0.615. The lowest BCUT2D eigenvalue weighted by Crippen LogP contribution is -2.08. The van der Waals surface area contributed by atoms with Crippen molar-refractivity contribution in [3.8, 4) is 0 Å². The normalized spacial score (nSPS) is 9.40. The smallest absolute Gasteiger partial charge is 0.273 e. The molecule has 0 fully saturated rings. The van der Waals surface area contributed by atoms with Crippen LogP contribution in [-0.2, 0) is 4.84 Å². The quantitative estimate of drug-likeness (QED) is 0.344. The molecule has 0 bridgehead atoms. The van der Waals surface area contributed by atoms with Crippen LogP contribution in [0.4, 0.5) is 0 Å². The van der Waals surface area contributed by atoms with Gasteiger partial charge in [-0.05, 0) is 19.1 Å². The lowest BCUT2D eigenvalue weighted by Gasteiger charge is -1.93. The zero-order valence-corrected chi connectivity index (χ0v) is 5.55. The Bertz CT molecular complexity index is 242. The zero-order valence-electron chi connectivity index (χ0n) is 5.55. The summed E-state index contributed by atoms with van der Waals surface area (Å²) in [5.41, 5.74) is 0. The van der Waals surface area contributed by atoms with Gasteiger partial charge in [-0.25, -0.2) is 0 Å². The molecule has 0 aromatic carbocycles. The SMILES string of the molecule is Cc1ccc(C(=N)ON)o1. The Balaban J connectivity index is 2.85. The molecule has 1 aromatic rings. The number of rotatable bonds is 1. The Morgan fingerprint density at radius 2 is 2.40 bits per heavy atom. The second-order valence-electron chi connectivity index (χ2n) is 1.86. The summed E-state index contributed by atoms with van der Waals surface area (Å²) in [5.74, 6) is 5.65. The summed E-state index contributed by atoms with van der Waals surface area (Å²) >= 11 is 0. The first kappa shape index (κ1) is 6.82. The van der Waals surface area contributed by atoms with Crippen molar-refractivity contribution in [3.05, 3.63) is 23.7 Å². The number of aryl methyl sites for hydroxylation is 1. The largest absolute Gasteiger partial charge is 0.456 e. The summed E-state index contributed by atoms with van der Waals surface area (Å²) in [6.45, 7) is 1.79. The van der Waals surface area contributed by atoms with Gasteiger partial charge in [0.25, 0.3) is 5.90 Å². The summed E-state index contributed by atoms with van der Waals surface area (Å²) < 4.78 is 5.01. The van der Waals surface area contributed by atoms with Gasteiger partial charge in [0.1, 0.15) is 5.76 Å². The van der Waals surface area contributed by atoms with Crippen LogP contribution in [0.15, 0.2) is 16.5 Å². The molecule has 1 heterocycles. The maximum absolute atomic E-state index is 7.05. The molecule has 0 amide bonds. The lowest BCUT2D eigenvalue weighted by molar-refractivity contribution is 0.308. The van der Waals surface area contributed by atoms with Gasteiger partial charge in [-0.3, -0.25) is 5.41 Å². The van der Waals surface area contributed by atoms with E-state index in [0.29, 0.717) is 5.76 Å². The Hall–Kier alpha value is -1.29. The third-order valence-corrected chi connectivity index (χ3v) is 1.08. The highest BCUT2D eigenvalue weighted by Crippen LogP contribution is 2.05. The van der Waals surface area contributed by atoms with Gasteiger partial charge < -0.3 is 9.25 Å². The Kier molecular flexibility index (Phi) is 1.73. The molecule has 0 aliphatic carbocycles. The molecule has 0 saturated heterocycles. The zero-order chi connectivity index (χ0) is 7.56. The minimum atomic E-state index is -0.159. The van der Waals surface area contributed by atoms with Crippen molar-refractivity contribution in [1.82, 2.24) is 0 Å². The van der Waals surface area contributed by atoms with Gasteiger partial charge in [0.2, 0.25) is 0 Å². The first-order valence-electron chi connectivity index (χ1n) is 2.76. The van der Waals surface area contributed by atoms with E-state index in [2.05, 4.69) is 4.84 Å². The van der Waals surface area contributed by atoms with E-state index in [-0.39, 0.29) is 5.90 Å². The van der Waals surface area contributed by atoms with Crippen LogP contribution in [0.3, 0.4) is 0 Å². The minimum absolute atomic E-state index is 0.159. The van der Waals surface area contributed by atoms with E-state index in [1.165, 1.54) is 0 Å². The van der Waals surface area contributed by atoms with Crippen LogP contribution < -0.4 is 5.90 Å². The average Bonchev–Trinajstić information content (AvgIpc) is 2.34. The molecule has 0 spiro atoms. The molecule has 0 saturated carbocycles. The third kappa shape index (κ3) is 1.16. The van der Waals surface area contributed by atoms with Crippen LogP contribution in [0.1, 0.15) is 11.5 Å². The average molecular weight is 140 g/mol. The molecule has 54 valence electrons. The number of nitrogens with two attached hydrogens (primary N) is 1. The molecule has 0 unspecified atom stereocenters. The second kappa shape index (κ2) is 2.53. The van der Waals surface area contributed by atoms with Crippen LogP contribution in [0.2, 0.25) is 0 Å². The van der Waals surface area contributed by atoms with Gasteiger partial charge in [-0.1, -0.05) is 0 Å². The van der Waals surface area contributed by atoms with Crippen molar-refractivity contribution in [2.45, 2.75) is 6.92 Å². The monoisotopic (exact) mass is 140 g/mol. The highest BCUT2D eigenvalue weighted by atomic mass is 16.6. The fourth-order valence-electron chi connectivity index (χ4n) is 0.615. The molecular weight excluding hydrogens is 132 g/mol. The van der Waals surface area contributed by atoms with Crippen molar-refractivity contribution in [1.29, 1.82) is 5.41 Å². The molecule has 10 heavy (non-hydrogen) atoms. The van der Waals surface area contributed by atoms with Crippen molar-refractivity contribution < 1.29 is 9.25 Å². The number of hydrogen-bond donors (Lipinski definition) is 2. The van der Waals surface area contributed by atoms with E-state index in [9.17, 15) is 0 Å². The van der Waals surface area contributed by atoms with Crippen LogP contribution in [0.25, 0.3) is 0 Å². The van der Waals surface area contributed by atoms with Crippen LogP contribution in [-0.4, -0.2) is 5.90 Å². The predicted octanol–water partition coefficient (Wildman–Crippen LogP) is 0.804. The third-order valence-electron chi connectivity index (χ3n) is 1.08. The van der Waals surface area contributed by atoms with Crippen molar-refractivity contribution in [3.63, 3.8) is 0 Å². The van der Waals surface area contributed by atoms with Crippen molar-refractivity contribution in [2.75, 3.05) is 0 Å². The molecule has 0 atom stereocenters. The van der Waals surface area contributed by atoms with Crippen LogP contribution in [0, 0.1) is 12.3 Å². The maximum atomic E-state index is 7.05. The molecule has 4 heteroatoms. The van der Waals surface area contributed by atoms with Gasteiger partial charge in [-0.15, -0.1) is 0 Å². The van der Waals surface area contributed by atoms with Gasteiger partial charge >= 0.3 is 0 Å². The summed E-state index contributed by atoms with van der Waals surface area (Å²) in [6.07, 6.45) is 0. The molecule has 0 radical (unpaired) electrons. The number of furan rings is 1. The fraction of sp³-hybridized carbons (Fsp3) is 0.167. The highest BCUT2D eigenvalue weighted by molar-refractivity contribution is 5.88. The second-order valence-corrected chi connectivity index (χ2v) is 1.86. The molecular formula is C6H8N2O2. The van der Waals surface area contributed by atoms with Crippen LogP contribution >= 0.6 is 0 Å².